The van der Waals surface area contributed by atoms with E-state index in [2.05, 4.69) is 4.74 Å². The summed E-state index contributed by atoms with van der Waals surface area (Å²) in [7, 11) is 0. The van der Waals surface area contributed by atoms with Gasteiger partial charge in [-0.1, -0.05) is 0 Å². The normalized spacial score (nSPS) is 41.8. The first-order valence-corrected chi connectivity index (χ1v) is 14.6. The maximum Gasteiger partial charge on any atom is 0.0708 e. The highest BCUT2D eigenvalue weighted by molar-refractivity contribution is 6.24. The van der Waals surface area contributed by atoms with E-state index in [1.807, 2.05) is 0 Å². The summed E-state index contributed by atoms with van der Waals surface area (Å²) in [5, 5.41) is 24.8. The van der Waals surface area contributed by atoms with Gasteiger partial charge in [-0.05, 0) is 113 Å². The fourth-order valence-electron chi connectivity index (χ4n) is 8.93. The number of halogens is 1. The molecule has 0 radical (unpaired) electrons. The van der Waals surface area contributed by atoms with Gasteiger partial charge in [0.2, 0.25) is 0 Å². The Kier molecular flexibility index (Phi) is 10.6. The lowest BCUT2D eigenvalue weighted by Crippen LogP contribution is -2.52. The standard InChI is InChI=1S/C14H24O3.C10H15Cl.C4H10O3/c15-1-2-16-3-4-17-14-8-11-5-12(9-14)7-13(6-11)10-14;11-10-4-7-1-8(5-10)3-9(2-7)6-10;5-1-3-7-4-2-6/h11-13,15H,1-10H2;7-9H,1-6H2;5-6H,1-4H2. The first-order chi connectivity index (χ1) is 16.9. The van der Waals surface area contributed by atoms with Crippen LogP contribution in [-0.2, 0) is 14.2 Å². The largest absolute Gasteiger partial charge is 0.394 e. The SMILES string of the molecule is ClC12CC3CC(CC(C3)C1)C2.OCCOCCO.OCCOCCOC12CC3CC(CC(C3)C1)C2. The molecule has 8 rings (SSSR count). The van der Waals surface area contributed by atoms with Crippen LogP contribution >= 0.6 is 11.6 Å². The van der Waals surface area contributed by atoms with Gasteiger partial charge in [-0.3, -0.25) is 0 Å². The predicted molar refractivity (Wildman–Crippen MR) is 137 cm³/mol. The van der Waals surface area contributed by atoms with Crippen molar-refractivity contribution in [2.45, 2.75) is 87.5 Å². The molecular formula is C28H49ClO6. The third-order valence-electron chi connectivity index (χ3n) is 9.29. The van der Waals surface area contributed by atoms with Crippen molar-refractivity contribution in [1.29, 1.82) is 0 Å². The molecule has 6 nitrogen and oxygen atoms in total. The first-order valence-electron chi connectivity index (χ1n) is 14.3. The van der Waals surface area contributed by atoms with E-state index >= 15 is 0 Å². The molecule has 8 aliphatic carbocycles. The number of alkyl halides is 1. The molecule has 3 N–H and O–H groups in total. The third kappa shape index (κ3) is 8.02. The highest BCUT2D eigenvalue weighted by Gasteiger charge is 2.52. The number of rotatable bonds is 10. The van der Waals surface area contributed by atoms with Gasteiger partial charge in [-0.15, -0.1) is 11.6 Å². The summed E-state index contributed by atoms with van der Waals surface area (Å²) >= 11 is 6.53. The van der Waals surface area contributed by atoms with E-state index in [1.165, 1.54) is 77.0 Å². The van der Waals surface area contributed by atoms with Crippen LogP contribution in [0.15, 0.2) is 0 Å². The molecule has 0 aliphatic heterocycles. The maximum atomic E-state index is 8.63. The summed E-state index contributed by atoms with van der Waals surface area (Å²) in [4.78, 5) is 0.273. The molecule has 7 heteroatoms. The van der Waals surface area contributed by atoms with Crippen LogP contribution in [-0.4, -0.2) is 78.6 Å². The summed E-state index contributed by atoms with van der Waals surface area (Å²) in [6.45, 7) is 2.57. The maximum absolute atomic E-state index is 8.63. The Morgan fingerprint density at radius 2 is 0.857 bits per heavy atom. The van der Waals surface area contributed by atoms with Crippen LogP contribution in [0.5, 0.6) is 0 Å². The molecule has 35 heavy (non-hydrogen) atoms. The summed E-state index contributed by atoms with van der Waals surface area (Å²) in [5.41, 5.74) is 0.206. The van der Waals surface area contributed by atoms with E-state index in [4.69, 9.17) is 36.4 Å². The molecule has 0 heterocycles. The van der Waals surface area contributed by atoms with Crippen LogP contribution in [0.25, 0.3) is 0 Å². The molecule has 8 aliphatic rings. The van der Waals surface area contributed by atoms with Crippen molar-refractivity contribution in [3.63, 3.8) is 0 Å². The molecule has 0 unspecified atom stereocenters. The van der Waals surface area contributed by atoms with Crippen molar-refractivity contribution >= 4 is 11.6 Å². The van der Waals surface area contributed by atoms with Gasteiger partial charge >= 0.3 is 0 Å². The van der Waals surface area contributed by atoms with Crippen molar-refractivity contribution in [3.05, 3.63) is 0 Å². The van der Waals surface area contributed by atoms with E-state index in [9.17, 15) is 0 Å². The Bertz CT molecular complexity index is 554. The van der Waals surface area contributed by atoms with E-state index in [0.29, 0.717) is 33.0 Å². The molecule has 8 fully saturated rings. The number of hydrogen-bond donors (Lipinski definition) is 3. The molecule has 0 spiro atoms. The van der Waals surface area contributed by atoms with Crippen molar-refractivity contribution in [3.8, 4) is 0 Å². The fraction of sp³-hybridized carbons (Fsp3) is 1.00. The molecule has 204 valence electrons. The smallest absolute Gasteiger partial charge is 0.0708 e. The zero-order valence-corrected chi connectivity index (χ0v) is 22.3. The Balaban J connectivity index is 0.000000138. The summed E-state index contributed by atoms with van der Waals surface area (Å²) < 4.78 is 16.1. The lowest BCUT2D eigenvalue weighted by Gasteiger charge is -2.56. The van der Waals surface area contributed by atoms with Crippen molar-refractivity contribution in [2.24, 2.45) is 35.5 Å². The third-order valence-corrected chi connectivity index (χ3v) is 9.75. The number of aliphatic hydroxyl groups excluding tert-OH is 3. The number of aliphatic hydroxyl groups is 3. The van der Waals surface area contributed by atoms with E-state index in [-0.39, 0.29) is 30.3 Å². The Labute approximate surface area is 217 Å². The topological polar surface area (TPSA) is 88.4 Å². The minimum atomic E-state index is 0.0278. The van der Waals surface area contributed by atoms with Crippen molar-refractivity contribution < 1.29 is 29.5 Å². The molecule has 0 saturated heterocycles. The van der Waals surface area contributed by atoms with Gasteiger partial charge in [-0.2, -0.15) is 0 Å². The van der Waals surface area contributed by atoms with Crippen LogP contribution in [0.1, 0.15) is 77.0 Å². The molecule has 0 aromatic heterocycles. The van der Waals surface area contributed by atoms with Gasteiger partial charge in [0.25, 0.3) is 0 Å². The van der Waals surface area contributed by atoms with Crippen LogP contribution in [0.2, 0.25) is 0 Å². The monoisotopic (exact) mass is 516 g/mol. The Morgan fingerprint density at radius 3 is 1.20 bits per heavy atom. The van der Waals surface area contributed by atoms with Crippen molar-refractivity contribution in [1.82, 2.24) is 0 Å². The number of hydrogen-bond acceptors (Lipinski definition) is 6. The first kappa shape index (κ1) is 28.1. The summed E-state index contributed by atoms with van der Waals surface area (Å²) in [6.07, 6.45) is 16.8. The molecule has 8 bridgehead atoms. The van der Waals surface area contributed by atoms with E-state index in [0.717, 1.165) is 35.5 Å². The second kappa shape index (κ2) is 13.2. The second-order valence-electron chi connectivity index (χ2n) is 12.4. The van der Waals surface area contributed by atoms with Crippen LogP contribution in [0.3, 0.4) is 0 Å². The van der Waals surface area contributed by atoms with Gasteiger partial charge in [0.1, 0.15) is 0 Å². The summed E-state index contributed by atoms with van der Waals surface area (Å²) in [6, 6.07) is 0. The second-order valence-corrected chi connectivity index (χ2v) is 13.2. The van der Waals surface area contributed by atoms with E-state index in [1.54, 1.807) is 0 Å². The minimum absolute atomic E-state index is 0.0278. The zero-order chi connectivity index (χ0) is 24.7. The fourth-order valence-corrected chi connectivity index (χ4v) is 9.58. The highest BCUT2D eigenvalue weighted by atomic mass is 35.5. The minimum Gasteiger partial charge on any atom is -0.394 e. The van der Waals surface area contributed by atoms with Gasteiger partial charge in [0, 0.05) is 4.87 Å². The van der Waals surface area contributed by atoms with Crippen molar-refractivity contribution in [2.75, 3.05) is 52.9 Å². The average molecular weight is 517 g/mol. The van der Waals surface area contributed by atoms with Crippen LogP contribution < -0.4 is 0 Å². The molecule has 0 aromatic rings. The molecule has 0 atom stereocenters. The number of ether oxygens (including phenoxy) is 3. The van der Waals surface area contributed by atoms with E-state index < -0.39 is 0 Å². The average Bonchev–Trinajstić information content (AvgIpc) is 2.78. The molecular weight excluding hydrogens is 468 g/mol. The van der Waals surface area contributed by atoms with Crippen LogP contribution in [0, 0.1) is 35.5 Å². The van der Waals surface area contributed by atoms with Gasteiger partial charge in [-0.25, -0.2) is 0 Å². The lowest BCUT2D eigenvalue weighted by atomic mass is 9.54. The van der Waals surface area contributed by atoms with Crippen LogP contribution in [0.4, 0.5) is 0 Å². The Hall–Kier alpha value is 0.0500. The molecule has 0 aromatic carbocycles. The molecule has 0 amide bonds. The lowest BCUT2D eigenvalue weighted by molar-refractivity contribution is -0.169. The molecule has 8 saturated carbocycles. The summed E-state index contributed by atoms with van der Waals surface area (Å²) in [5.74, 6) is 5.87. The highest BCUT2D eigenvalue weighted by Crippen LogP contribution is 2.58. The van der Waals surface area contributed by atoms with Gasteiger partial charge in [0.15, 0.2) is 0 Å². The quantitative estimate of drug-likeness (QED) is 0.298. The zero-order valence-electron chi connectivity index (χ0n) is 21.6. The predicted octanol–water partition coefficient (Wildman–Crippen LogP) is 4.16. The van der Waals surface area contributed by atoms with Gasteiger partial charge < -0.3 is 29.5 Å². The van der Waals surface area contributed by atoms with Gasteiger partial charge in [0.05, 0.1) is 58.5 Å². The Morgan fingerprint density at radius 1 is 0.514 bits per heavy atom.